The van der Waals surface area contributed by atoms with Crippen molar-refractivity contribution in [2.24, 2.45) is 5.92 Å². The Bertz CT molecular complexity index is 266. The largest absolute Gasteiger partial charge is 0.480 e. The summed E-state index contributed by atoms with van der Waals surface area (Å²) in [5.41, 5.74) is 0. The van der Waals surface area contributed by atoms with E-state index in [1.165, 1.54) is 5.94 Å². The monoisotopic (exact) mass is 199 g/mol. The van der Waals surface area contributed by atoms with Gasteiger partial charge in [0.05, 0.1) is 6.20 Å². The molecule has 0 heterocycles. The first kappa shape index (κ1) is 12.4. The van der Waals surface area contributed by atoms with E-state index in [4.69, 9.17) is 5.11 Å². The van der Waals surface area contributed by atoms with Crippen LogP contribution in [0.4, 0.5) is 0 Å². The smallest absolute Gasteiger partial charge is 0.323 e. The Kier molecular flexibility index (Phi) is 5.26. The van der Waals surface area contributed by atoms with E-state index in [-0.39, 0.29) is 18.2 Å². The molecule has 0 atom stereocenters. The van der Waals surface area contributed by atoms with Crippen LogP contribution in [0.3, 0.4) is 0 Å². The molecule has 0 aliphatic rings. The Morgan fingerprint density at radius 2 is 2.07 bits per heavy atom. The Hall–Kier alpha value is -1.61. The number of rotatable bonds is 5. The number of aliphatic carboxylic acids is 1. The third-order valence-corrected chi connectivity index (χ3v) is 1.42. The van der Waals surface area contributed by atoms with Gasteiger partial charge in [0.25, 0.3) is 0 Å². The van der Waals surface area contributed by atoms with Crippen LogP contribution < -0.4 is 0 Å². The molecule has 1 N–H and O–H groups in total. The minimum Gasteiger partial charge on any atom is -0.480 e. The molecule has 0 rings (SSSR count). The van der Waals surface area contributed by atoms with Crippen molar-refractivity contribution in [2.45, 2.75) is 20.3 Å². The Morgan fingerprint density at radius 1 is 1.50 bits per heavy atom. The van der Waals surface area contributed by atoms with Gasteiger partial charge in [-0.2, -0.15) is 0 Å². The first-order valence-corrected chi connectivity index (χ1v) is 4.19. The second kappa shape index (κ2) is 5.94. The molecule has 0 unspecified atom stereocenters. The molecule has 0 aromatic carbocycles. The van der Waals surface area contributed by atoms with Gasteiger partial charge in [0.2, 0.25) is 5.91 Å². The zero-order chi connectivity index (χ0) is 11.1. The van der Waals surface area contributed by atoms with Gasteiger partial charge in [-0.25, -0.2) is 4.79 Å². The van der Waals surface area contributed by atoms with Crippen molar-refractivity contribution in [2.75, 3.05) is 6.54 Å². The summed E-state index contributed by atoms with van der Waals surface area (Å²) in [7, 11) is 0. The van der Waals surface area contributed by atoms with E-state index in [0.717, 1.165) is 11.1 Å². The van der Waals surface area contributed by atoms with Gasteiger partial charge in [-0.1, -0.05) is 13.8 Å². The molecule has 0 fully saturated rings. The topological polar surface area (TPSA) is 74.7 Å². The number of hydrogen-bond acceptors (Lipinski definition) is 3. The fourth-order valence-electron chi connectivity index (χ4n) is 0.882. The molecule has 0 aromatic rings. The van der Waals surface area contributed by atoms with E-state index < -0.39 is 12.5 Å². The Morgan fingerprint density at radius 3 is 2.43 bits per heavy atom. The molecule has 0 aliphatic carbocycles. The molecular weight excluding hydrogens is 186 g/mol. The van der Waals surface area contributed by atoms with Gasteiger partial charge >= 0.3 is 5.97 Å². The molecular formula is C9H13NO4. The van der Waals surface area contributed by atoms with E-state index in [0.29, 0.717) is 0 Å². The molecule has 0 aromatic heterocycles. The fraction of sp³-hybridized carbons (Fsp3) is 0.556. The van der Waals surface area contributed by atoms with Gasteiger partial charge in [0.15, 0.2) is 0 Å². The minimum atomic E-state index is -1.16. The van der Waals surface area contributed by atoms with Crippen LogP contribution in [0, 0.1) is 5.92 Å². The predicted molar refractivity (Wildman–Crippen MR) is 49.1 cm³/mol. The van der Waals surface area contributed by atoms with Crippen molar-refractivity contribution in [1.29, 1.82) is 0 Å². The SMILES string of the molecule is CC(C)CC(=O)N(C=C=O)CC(=O)O. The van der Waals surface area contributed by atoms with Crippen LogP contribution in [0.2, 0.25) is 0 Å². The summed E-state index contributed by atoms with van der Waals surface area (Å²) in [5, 5.41) is 8.45. The van der Waals surface area contributed by atoms with Crippen molar-refractivity contribution in [1.82, 2.24) is 4.90 Å². The van der Waals surface area contributed by atoms with Gasteiger partial charge in [-0.15, -0.1) is 0 Å². The molecule has 0 saturated heterocycles. The summed E-state index contributed by atoms with van der Waals surface area (Å²) in [4.78, 5) is 32.5. The number of hydrogen-bond donors (Lipinski definition) is 1. The average Bonchev–Trinajstić information content (AvgIpc) is 2.01. The van der Waals surface area contributed by atoms with E-state index >= 15 is 0 Å². The number of carbonyl (C=O) groups is 2. The predicted octanol–water partition coefficient (Wildman–Crippen LogP) is 0.291. The minimum absolute atomic E-state index is 0.124. The second-order valence-corrected chi connectivity index (χ2v) is 3.26. The lowest BCUT2D eigenvalue weighted by molar-refractivity contribution is -0.142. The average molecular weight is 199 g/mol. The highest BCUT2D eigenvalue weighted by Crippen LogP contribution is 2.03. The van der Waals surface area contributed by atoms with Gasteiger partial charge in [-0.05, 0) is 5.92 Å². The molecule has 14 heavy (non-hydrogen) atoms. The van der Waals surface area contributed by atoms with E-state index in [9.17, 15) is 14.4 Å². The second-order valence-electron chi connectivity index (χ2n) is 3.26. The Balaban J connectivity index is 4.40. The third-order valence-electron chi connectivity index (χ3n) is 1.42. The summed E-state index contributed by atoms with van der Waals surface area (Å²) in [6.45, 7) is 3.17. The molecule has 0 saturated carbocycles. The molecule has 0 aliphatic heterocycles. The van der Waals surface area contributed by atoms with Crippen LogP contribution in [-0.2, 0) is 14.4 Å². The van der Waals surface area contributed by atoms with Crippen LogP contribution in [0.5, 0.6) is 0 Å². The molecule has 5 heteroatoms. The summed E-state index contributed by atoms with van der Waals surface area (Å²) in [6, 6.07) is 0. The first-order valence-electron chi connectivity index (χ1n) is 4.19. The van der Waals surface area contributed by atoms with Crippen molar-refractivity contribution >= 4 is 17.8 Å². The number of carboxylic acid groups (broad SMARTS) is 1. The lowest BCUT2D eigenvalue weighted by Crippen LogP contribution is -2.31. The number of carbonyl (C=O) groups excluding carboxylic acids is 2. The van der Waals surface area contributed by atoms with E-state index in [1.807, 2.05) is 13.8 Å². The molecule has 1 amide bonds. The first-order chi connectivity index (χ1) is 6.47. The fourth-order valence-corrected chi connectivity index (χ4v) is 0.882. The molecule has 0 bridgehead atoms. The highest BCUT2D eigenvalue weighted by molar-refractivity contribution is 5.83. The lowest BCUT2D eigenvalue weighted by atomic mass is 10.1. The highest BCUT2D eigenvalue weighted by atomic mass is 16.4. The zero-order valence-electron chi connectivity index (χ0n) is 8.19. The van der Waals surface area contributed by atoms with Crippen LogP contribution >= 0.6 is 0 Å². The maximum Gasteiger partial charge on any atom is 0.323 e. The molecule has 0 spiro atoms. The summed E-state index contributed by atoms with van der Waals surface area (Å²) >= 11 is 0. The summed E-state index contributed by atoms with van der Waals surface area (Å²) < 4.78 is 0. The van der Waals surface area contributed by atoms with Gasteiger partial charge in [-0.3, -0.25) is 14.5 Å². The number of amides is 1. The standard InChI is InChI=1S/C9H13NO4/c1-7(2)5-8(12)10(3-4-11)6-9(13)14/h3,7H,5-6H2,1-2H3,(H,13,14). The van der Waals surface area contributed by atoms with Crippen LogP contribution in [0.1, 0.15) is 20.3 Å². The van der Waals surface area contributed by atoms with Crippen molar-refractivity contribution in [3.05, 3.63) is 6.20 Å². The van der Waals surface area contributed by atoms with Gasteiger partial charge in [0.1, 0.15) is 12.5 Å². The van der Waals surface area contributed by atoms with Crippen molar-refractivity contribution < 1.29 is 19.5 Å². The third kappa shape index (κ3) is 5.11. The molecule has 5 nitrogen and oxygen atoms in total. The Labute approximate surface area is 82.0 Å². The van der Waals surface area contributed by atoms with Gasteiger partial charge in [0, 0.05) is 6.42 Å². The van der Waals surface area contributed by atoms with Crippen LogP contribution in [0.25, 0.3) is 0 Å². The quantitative estimate of drug-likeness (QED) is 0.646. The number of nitrogens with zero attached hydrogens (tertiary/aromatic N) is 1. The van der Waals surface area contributed by atoms with Crippen molar-refractivity contribution in [3.8, 4) is 0 Å². The molecule has 78 valence electrons. The van der Waals surface area contributed by atoms with Crippen LogP contribution in [0.15, 0.2) is 6.20 Å². The van der Waals surface area contributed by atoms with Gasteiger partial charge < -0.3 is 5.11 Å². The lowest BCUT2D eigenvalue weighted by Gasteiger charge is -2.15. The summed E-state index contributed by atoms with van der Waals surface area (Å²) in [5.74, 6) is -0.0243. The highest BCUT2D eigenvalue weighted by Gasteiger charge is 2.15. The summed E-state index contributed by atoms with van der Waals surface area (Å²) in [6.07, 6.45) is 1.03. The zero-order valence-corrected chi connectivity index (χ0v) is 8.19. The van der Waals surface area contributed by atoms with E-state index in [1.54, 1.807) is 0 Å². The number of carboxylic acids is 1. The molecule has 0 radical (unpaired) electrons. The van der Waals surface area contributed by atoms with E-state index in [2.05, 4.69) is 0 Å². The van der Waals surface area contributed by atoms with Crippen LogP contribution in [-0.4, -0.2) is 34.4 Å². The van der Waals surface area contributed by atoms with Crippen molar-refractivity contribution in [3.63, 3.8) is 0 Å². The maximum atomic E-state index is 11.3. The normalized spacial score (nSPS) is 9.36. The maximum absolute atomic E-state index is 11.3.